The summed E-state index contributed by atoms with van der Waals surface area (Å²) in [5.41, 5.74) is 1.19. The van der Waals surface area contributed by atoms with Crippen molar-refractivity contribution in [3.63, 3.8) is 0 Å². The molecule has 1 heterocycles. The predicted molar refractivity (Wildman–Crippen MR) is 110 cm³/mol. The van der Waals surface area contributed by atoms with E-state index in [0.717, 1.165) is 16.0 Å². The molecule has 2 rings (SSSR count). The molecule has 0 saturated heterocycles. The molecule has 1 atom stereocenters. The molecule has 0 fully saturated rings. The van der Waals surface area contributed by atoms with Crippen molar-refractivity contribution in [3.05, 3.63) is 57.7 Å². The maximum Gasteiger partial charge on any atom is 0.192 e. The zero-order valence-electron chi connectivity index (χ0n) is 15.1. The van der Waals surface area contributed by atoms with Crippen molar-refractivity contribution in [3.8, 4) is 0 Å². The van der Waals surface area contributed by atoms with Crippen LogP contribution in [-0.2, 0) is 4.43 Å². The number of rotatable bonds is 5. The van der Waals surface area contributed by atoms with Gasteiger partial charge in [-0.05, 0) is 41.9 Å². The van der Waals surface area contributed by atoms with Crippen molar-refractivity contribution < 1.29 is 4.43 Å². The van der Waals surface area contributed by atoms with Gasteiger partial charge in [0, 0.05) is 22.2 Å². The lowest BCUT2D eigenvalue weighted by Gasteiger charge is -2.39. The highest BCUT2D eigenvalue weighted by molar-refractivity contribution is 9.11. The van der Waals surface area contributed by atoms with Gasteiger partial charge < -0.3 is 9.33 Å². The molecule has 0 aromatic heterocycles. The first-order valence-electron chi connectivity index (χ1n) is 8.29. The minimum atomic E-state index is -1.80. The molecule has 0 amide bonds. The second kappa shape index (κ2) is 7.77. The molecule has 1 aliphatic rings. The normalized spacial score (nSPS) is 17.0. The molecule has 1 aromatic rings. The van der Waals surface area contributed by atoms with Crippen LogP contribution < -0.4 is 0 Å². The molecule has 132 valence electrons. The van der Waals surface area contributed by atoms with Crippen LogP contribution in [0.4, 0.5) is 0 Å². The fourth-order valence-electron chi connectivity index (χ4n) is 2.32. The number of allylic oxidation sites excluding steroid dienone is 2. The average Bonchev–Trinajstić information content (AvgIpc) is 2.48. The molecular formula is C19H27BrClNOSi. The third-order valence-electron chi connectivity index (χ3n) is 4.96. The van der Waals surface area contributed by atoms with Crippen LogP contribution in [0.25, 0.3) is 0 Å². The first kappa shape index (κ1) is 19.8. The first-order chi connectivity index (χ1) is 11.1. The molecule has 1 aliphatic heterocycles. The van der Waals surface area contributed by atoms with Crippen molar-refractivity contribution in [1.29, 1.82) is 0 Å². The highest BCUT2D eigenvalue weighted by Crippen LogP contribution is 2.38. The van der Waals surface area contributed by atoms with Gasteiger partial charge in [0.2, 0.25) is 0 Å². The minimum Gasteiger partial charge on any atom is -0.414 e. The quantitative estimate of drug-likeness (QED) is 0.495. The van der Waals surface area contributed by atoms with Gasteiger partial charge in [0.25, 0.3) is 0 Å². The van der Waals surface area contributed by atoms with Gasteiger partial charge in [-0.15, -0.1) is 0 Å². The zero-order chi connectivity index (χ0) is 18.0. The molecule has 0 bridgehead atoms. The first-order valence-corrected chi connectivity index (χ1v) is 12.4. The smallest absolute Gasteiger partial charge is 0.192 e. The van der Waals surface area contributed by atoms with Crippen molar-refractivity contribution in [2.75, 3.05) is 13.2 Å². The van der Waals surface area contributed by atoms with E-state index in [9.17, 15) is 0 Å². The van der Waals surface area contributed by atoms with Gasteiger partial charge >= 0.3 is 0 Å². The third-order valence-corrected chi connectivity index (χ3v) is 10.3. The van der Waals surface area contributed by atoms with Crippen molar-refractivity contribution in [2.45, 2.75) is 44.9 Å². The molecule has 0 unspecified atom stereocenters. The Kier molecular flexibility index (Phi) is 6.40. The Hall–Kier alpha value is -0.553. The lowest BCUT2D eigenvalue weighted by atomic mass is 10.1. The predicted octanol–water partition coefficient (Wildman–Crippen LogP) is 6.51. The maximum atomic E-state index is 6.52. The second-order valence-corrected chi connectivity index (χ2v) is 13.9. The fraction of sp³-hybridized carbons (Fsp3) is 0.474. The van der Waals surface area contributed by atoms with Crippen LogP contribution in [0.15, 0.2) is 47.1 Å². The zero-order valence-corrected chi connectivity index (χ0v) is 18.5. The molecule has 0 N–H and O–H groups in total. The van der Waals surface area contributed by atoms with Gasteiger partial charge in [0.05, 0.1) is 12.6 Å². The SMILES string of the molecule is CC(C)(C)[Si](C)(C)OC[C@H](c1cccc(Cl)c1)N1C=CC(Br)=CC1. The van der Waals surface area contributed by atoms with E-state index in [-0.39, 0.29) is 11.1 Å². The van der Waals surface area contributed by atoms with Gasteiger partial charge in [-0.3, -0.25) is 0 Å². The highest BCUT2D eigenvalue weighted by atomic mass is 79.9. The van der Waals surface area contributed by atoms with E-state index in [1.54, 1.807) is 0 Å². The van der Waals surface area contributed by atoms with E-state index in [1.165, 1.54) is 5.56 Å². The van der Waals surface area contributed by atoms with Gasteiger partial charge in [0.15, 0.2) is 8.32 Å². The summed E-state index contributed by atoms with van der Waals surface area (Å²) in [6, 6.07) is 8.26. The lowest BCUT2D eigenvalue weighted by molar-refractivity contribution is 0.177. The van der Waals surface area contributed by atoms with E-state index < -0.39 is 8.32 Å². The second-order valence-electron chi connectivity index (χ2n) is 7.74. The van der Waals surface area contributed by atoms with Gasteiger partial charge in [-0.2, -0.15) is 0 Å². The molecule has 5 heteroatoms. The Labute approximate surface area is 160 Å². The molecular weight excluding hydrogens is 402 g/mol. The molecule has 0 aliphatic carbocycles. The Balaban J connectivity index is 2.22. The summed E-state index contributed by atoms with van der Waals surface area (Å²) < 4.78 is 7.64. The van der Waals surface area contributed by atoms with Gasteiger partial charge in [-0.25, -0.2) is 0 Å². The van der Waals surface area contributed by atoms with E-state index in [4.69, 9.17) is 16.0 Å². The Morgan fingerprint density at radius 2 is 2.04 bits per heavy atom. The Morgan fingerprint density at radius 1 is 1.33 bits per heavy atom. The van der Waals surface area contributed by atoms with E-state index in [1.807, 2.05) is 18.2 Å². The summed E-state index contributed by atoms with van der Waals surface area (Å²) in [7, 11) is -1.80. The van der Waals surface area contributed by atoms with Crippen molar-refractivity contribution in [1.82, 2.24) is 4.90 Å². The fourth-order valence-corrected chi connectivity index (χ4v) is 3.79. The minimum absolute atomic E-state index is 0.158. The summed E-state index contributed by atoms with van der Waals surface area (Å²) in [6.07, 6.45) is 6.38. The number of hydrogen-bond donors (Lipinski definition) is 0. The summed E-state index contributed by atoms with van der Waals surface area (Å²) >= 11 is 9.76. The van der Waals surface area contributed by atoms with Crippen LogP contribution in [0.3, 0.4) is 0 Å². The van der Waals surface area contributed by atoms with Crippen LogP contribution in [0.2, 0.25) is 23.2 Å². The number of benzene rings is 1. The number of nitrogens with zero attached hydrogens (tertiary/aromatic N) is 1. The topological polar surface area (TPSA) is 12.5 Å². The van der Waals surface area contributed by atoms with Crippen molar-refractivity contribution in [2.24, 2.45) is 0 Å². The summed E-state index contributed by atoms with van der Waals surface area (Å²) in [5, 5.41) is 0.967. The standard InChI is InChI=1S/C19H27BrClNOSi/c1-19(2,3)24(4,5)23-14-18(15-7-6-8-17(21)13-15)22-11-9-16(20)10-12-22/h6-11,13,18H,12,14H2,1-5H3/t18-/m1/s1. The van der Waals surface area contributed by atoms with E-state index in [0.29, 0.717) is 6.61 Å². The number of hydrogen-bond acceptors (Lipinski definition) is 2. The monoisotopic (exact) mass is 427 g/mol. The molecule has 0 radical (unpaired) electrons. The van der Waals surface area contributed by atoms with Crippen LogP contribution in [-0.4, -0.2) is 26.4 Å². The average molecular weight is 429 g/mol. The molecule has 24 heavy (non-hydrogen) atoms. The van der Waals surface area contributed by atoms with Crippen molar-refractivity contribution >= 4 is 35.8 Å². The van der Waals surface area contributed by atoms with Crippen LogP contribution in [0.1, 0.15) is 32.4 Å². The molecule has 2 nitrogen and oxygen atoms in total. The van der Waals surface area contributed by atoms with Crippen LogP contribution in [0.5, 0.6) is 0 Å². The summed E-state index contributed by atoms with van der Waals surface area (Å²) in [6.45, 7) is 12.9. The highest BCUT2D eigenvalue weighted by Gasteiger charge is 2.38. The van der Waals surface area contributed by atoms with E-state index in [2.05, 4.69) is 79.1 Å². The molecule has 1 aromatic carbocycles. The number of halogens is 2. The Morgan fingerprint density at radius 3 is 2.58 bits per heavy atom. The Bertz CT molecular complexity index is 636. The van der Waals surface area contributed by atoms with E-state index >= 15 is 0 Å². The van der Waals surface area contributed by atoms with Gasteiger partial charge in [0.1, 0.15) is 0 Å². The summed E-state index contributed by atoms with van der Waals surface area (Å²) in [4.78, 5) is 2.31. The molecule has 0 spiro atoms. The van der Waals surface area contributed by atoms with Crippen LogP contribution in [0, 0.1) is 0 Å². The lowest BCUT2D eigenvalue weighted by Crippen LogP contribution is -2.43. The summed E-state index contributed by atoms with van der Waals surface area (Å²) in [5.74, 6) is 0. The maximum absolute atomic E-state index is 6.52. The molecule has 0 saturated carbocycles. The third kappa shape index (κ3) is 4.98. The van der Waals surface area contributed by atoms with Gasteiger partial charge in [-0.1, -0.05) is 66.5 Å². The van der Waals surface area contributed by atoms with Crippen LogP contribution >= 0.6 is 27.5 Å². The largest absolute Gasteiger partial charge is 0.414 e.